The number of esters is 2. The Morgan fingerprint density at radius 1 is 0.917 bits per heavy atom. The van der Waals surface area contributed by atoms with Crippen LogP contribution in [0.5, 0.6) is 0 Å². The van der Waals surface area contributed by atoms with Gasteiger partial charge in [-0.05, 0) is 40.5 Å². The van der Waals surface area contributed by atoms with E-state index in [2.05, 4.69) is 15.9 Å². The van der Waals surface area contributed by atoms with Gasteiger partial charge in [0.05, 0.1) is 17.7 Å². The van der Waals surface area contributed by atoms with Crippen LogP contribution in [-0.2, 0) is 16.1 Å². The molecule has 24 heavy (non-hydrogen) atoms. The summed E-state index contributed by atoms with van der Waals surface area (Å²) >= 11 is 3.32. The molecule has 0 spiro atoms. The number of carbonyl (C=O) groups is 2. The Kier molecular flexibility index (Phi) is 7.00. The molecule has 0 amide bonds. The van der Waals surface area contributed by atoms with Gasteiger partial charge in [-0.15, -0.1) is 0 Å². The van der Waals surface area contributed by atoms with Gasteiger partial charge in [0.25, 0.3) is 0 Å². The molecule has 2 aromatic carbocycles. The van der Waals surface area contributed by atoms with E-state index in [-0.39, 0.29) is 6.61 Å². The van der Waals surface area contributed by atoms with E-state index in [1.54, 1.807) is 42.5 Å². The Hall–Kier alpha value is -2.14. The standard InChI is InChI=1S/C19H19BrO4/c1-2-3-12-23-18(21)15-9-5-4-8-14(15)13-24-19(22)16-10-6-7-11-17(16)20/h4-11H,2-3,12-13H2,1H3. The summed E-state index contributed by atoms with van der Waals surface area (Å²) in [6.45, 7) is 2.43. The second-order valence-corrected chi connectivity index (χ2v) is 6.06. The first-order valence-electron chi connectivity index (χ1n) is 7.80. The molecule has 0 unspecified atom stereocenters. The van der Waals surface area contributed by atoms with Gasteiger partial charge in [-0.25, -0.2) is 9.59 Å². The molecule has 4 nitrogen and oxygen atoms in total. The SMILES string of the molecule is CCCCOC(=O)c1ccccc1COC(=O)c1ccccc1Br. The lowest BCUT2D eigenvalue weighted by molar-refractivity contribution is 0.0441. The average Bonchev–Trinajstić information content (AvgIpc) is 2.60. The van der Waals surface area contributed by atoms with E-state index in [1.807, 2.05) is 13.0 Å². The summed E-state index contributed by atoms with van der Waals surface area (Å²) in [6, 6.07) is 14.0. The van der Waals surface area contributed by atoms with E-state index in [4.69, 9.17) is 9.47 Å². The first kappa shape index (κ1) is 18.2. The maximum atomic E-state index is 12.2. The number of ether oxygens (including phenoxy) is 2. The Balaban J connectivity index is 2.04. The fraction of sp³-hybridized carbons (Fsp3) is 0.263. The highest BCUT2D eigenvalue weighted by Crippen LogP contribution is 2.18. The van der Waals surface area contributed by atoms with Crippen molar-refractivity contribution in [1.29, 1.82) is 0 Å². The predicted molar refractivity (Wildman–Crippen MR) is 94.9 cm³/mol. The number of carbonyl (C=O) groups excluding carboxylic acids is 2. The summed E-state index contributed by atoms with van der Waals surface area (Å²) in [5, 5.41) is 0. The second-order valence-electron chi connectivity index (χ2n) is 5.20. The minimum absolute atomic E-state index is 0.0131. The van der Waals surface area contributed by atoms with Gasteiger partial charge in [-0.2, -0.15) is 0 Å². The lowest BCUT2D eigenvalue weighted by atomic mass is 10.1. The molecule has 2 rings (SSSR count). The highest BCUT2D eigenvalue weighted by atomic mass is 79.9. The van der Waals surface area contributed by atoms with E-state index in [0.29, 0.717) is 27.8 Å². The van der Waals surface area contributed by atoms with Gasteiger partial charge in [0, 0.05) is 10.0 Å². The van der Waals surface area contributed by atoms with Crippen molar-refractivity contribution in [2.45, 2.75) is 26.4 Å². The lowest BCUT2D eigenvalue weighted by Crippen LogP contribution is -2.12. The van der Waals surface area contributed by atoms with Crippen LogP contribution in [0.2, 0.25) is 0 Å². The molecule has 5 heteroatoms. The number of unbranched alkanes of at least 4 members (excludes halogenated alkanes) is 1. The van der Waals surface area contributed by atoms with Crippen LogP contribution in [0.15, 0.2) is 53.0 Å². The van der Waals surface area contributed by atoms with Gasteiger partial charge < -0.3 is 9.47 Å². The van der Waals surface area contributed by atoms with Gasteiger partial charge in [-0.1, -0.05) is 43.7 Å². The molecule has 0 aromatic heterocycles. The number of benzene rings is 2. The molecule has 0 aliphatic heterocycles. The molecule has 0 saturated heterocycles. The van der Waals surface area contributed by atoms with E-state index in [1.165, 1.54) is 0 Å². The summed E-state index contributed by atoms with van der Waals surface area (Å²) in [5.74, 6) is -0.840. The molecule has 0 radical (unpaired) electrons. The smallest absolute Gasteiger partial charge is 0.339 e. The number of hydrogen-bond donors (Lipinski definition) is 0. The maximum Gasteiger partial charge on any atom is 0.339 e. The number of hydrogen-bond acceptors (Lipinski definition) is 4. The maximum absolute atomic E-state index is 12.2. The molecule has 2 aromatic rings. The molecule has 0 fully saturated rings. The van der Waals surface area contributed by atoms with Crippen molar-refractivity contribution in [1.82, 2.24) is 0 Å². The Morgan fingerprint density at radius 3 is 2.25 bits per heavy atom. The van der Waals surface area contributed by atoms with Crippen LogP contribution in [-0.4, -0.2) is 18.5 Å². The summed E-state index contributed by atoms with van der Waals surface area (Å²) in [4.78, 5) is 24.3. The Morgan fingerprint density at radius 2 is 1.54 bits per heavy atom. The zero-order valence-electron chi connectivity index (χ0n) is 13.5. The van der Waals surface area contributed by atoms with Gasteiger partial charge in [0.2, 0.25) is 0 Å². The molecule has 0 saturated carbocycles. The normalized spacial score (nSPS) is 10.2. The monoisotopic (exact) mass is 390 g/mol. The van der Waals surface area contributed by atoms with Crippen LogP contribution in [0.3, 0.4) is 0 Å². The molecule has 0 aliphatic carbocycles. The van der Waals surface area contributed by atoms with Crippen LogP contribution in [0.1, 0.15) is 46.0 Å². The van der Waals surface area contributed by atoms with Crippen molar-refractivity contribution in [2.24, 2.45) is 0 Å². The van der Waals surface area contributed by atoms with Crippen LogP contribution in [0, 0.1) is 0 Å². The number of rotatable bonds is 7. The van der Waals surface area contributed by atoms with E-state index in [0.717, 1.165) is 12.8 Å². The van der Waals surface area contributed by atoms with Crippen molar-refractivity contribution < 1.29 is 19.1 Å². The Labute approximate surface area is 149 Å². The third kappa shape index (κ3) is 4.93. The molecule has 0 heterocycles. The minimum Gasteiger partial charge on any atom is -0.462 e. The van der Waals surface area contributed by atoms with E-state index in [9.17, 15) is 9.59 Å². The van der Waals surface area contributed by atoms with E-state index < -0.39 is 11.9 Å². The fourth-order valence-electron chi connectivity index (χ4n) is 2.08. The average molecular weight is 391 g/mol. The van der Waals surface area contributed by atoms with Crippen molar-refractivity contribution >= 4 is 27.9 Å². The summed E-state index contributed by atoms with van der Waals surface area (Å²) in [5.41, 5.74) is 1.49. The summed E-state index contributed by atoms with van der Waals surface area (Å²) in [6.07, 6.45) is 1.78. The Bertz CT molecular complexity index is 712. The molecular weight excluding hydrogens is 372 g/mol. The van der Waals surface area contributed by atoms with Crippen LogP contribution in [0.25, 0.3) is 0 Å². The van der Waals surface area contributed by atoms with Crippen LogP contribution < -0.4 is 0 Å². The van der Waals surface area contributed by atoms with E-state index >= 15 is 0 Å². The van der Waals surface area contributed by atoms with Gasteiger partial charge in [0.1, 0.15) is 6.61 Å². The quantitative estimate of drug-likeness (QED) is 0.504. The first-order valence-corrected chi connectivity index (χ1v) is 8.59. The van der Waals surface area contributed by atoms with Crippen LogP contribution in [0.4, 0.5) is 0 Å². The summed E-state index contributed by atoms with van der Waals surface area (Å²) in [7, 11) is 0. The molecule has 126 valence electrons. The summed E-state index contributed by atoms with van der Waals surface area (Å²) < 4.78 is 11.2. The molecule has 0 aliphatic rings. The molecule has 0 atom stereocenters. The van der Waals surface area contributed by atoms with Crippen LogP contribution >= 0.6 is 15.9 Å². The van der Waals surface area contributed by atoms with Crippen molar-refractivity contribution in [3.63, 3.8) is 0 Å². The fourth-order valence-corrected chi connectivity index (χ4v) is 2.53. The van der Waals surface area contributed by atoms with Gasteiger partial charge in [0.15, 0.2) is 0 Å². The first-order chi connectivity index (χ1) is 11.6. The zero-order chi connectivity index (χ0) is 17.4. The van der Waals surface area contributed by atoms with Crippen molar-refractivity contribution in [2.75, 3.05) is 6.61 Å². The largest absolute Gasteiger partial charge is 0.462 e. The third-order valence-corrected chi connectivity index (χ3v) is 4.11. The minimum atomic E-state index is -0.448. The third-order valence-electron chi connectivity index (χ3n) is 3.42. The highest BCUT2D eigenvalue weighted by molar-refractivity contribution is 9.10. The van der Waals surface area contributed by atoms with Crippen molar-refractivity contribution in [3.8, 4) is 0 Å². The second kappa shape index (κ2) is 9.23. The highest BCUT2D eigenvalue weighted by Gasteiger charge is 2.15. The zero-order valence-corrected chi connectivity index (χ0v) is 15.0. The molecular formula is C19H19BrO4. The lowest BCUT2D eigenvalue weighted by Gasteiger charge is -2.10. The number of halogens is 1. The predicted octanol–water partition coefficient (Wildman–Crippen LogP) is 4.76. The van der Waals surface area contributed by atoms with Crippen molar-refractivity contribution in [3.05, 3.63) is 69.7 Å². The van der Waals surface area contributed by atoms with Gasteiger partial charge >= 0.3 is 11.9 Å². The molecule has 0 N–H and O–H groups in total. The molecule has 0 bridgehead atoms. The topological polar surface area (TPSA) is 52.6 Å². The van der Waals surface area contributed by atoms with Gasteiger partial charge in [-0.3, -0.25) is 0 Å².